The first kappa shape index (κ1) is 20.3. The van der Waals surface area contributed by atoms with Crippen molar-refractivity contribution < 1.29 is 19.3 Å². The van der Waals surface area contributed by atoms with Crippen molar-refractivity contribution in [3.8, 4) is 0 Å². The Bertz CT molecular complexity index is 1060. The van der Waals surface area contributed by atoms with E-state index in [0.717, 1.165) is 16.0 Å². The van der Waals surface area contributed by atoms with E-state index in [-0.39, 0.29) is 16.2 Å². The smallest absolute Gasteiger partial charge is 0.294 e. The lowest BCUT2D eigenvalue weighted by molar-refractivity contribution is -0.385. The molecule has 9 heteroatoms. The highest BCUT2D eigenvalue weighted by Gasteiger charge is 2.36. The number of nitro groups is 1. The minimum Gasteiger partial charge on any atom is -0.324 e. The molecule has 0 aliphatic carbocycles. The van der Waals surface area contributed by atoms with Crippen LogP contribution in [0.3, 0.4) is 0 Å². The van der Waals surface area contributed by atoms with E-state index >= 15 is 0 Å². The van der Waals surface area contributed by atoms with Crippen LogP contribution in [0.15, 0.2) is 47.4 Å². The molecular formula is C20H17N3O5S. The number of rotatable bonds is 5. The molecule has 0 saturated carbocycles. The first-order chi connectivity index (χ1) is 13.8. The summed E-state index contributed by atoms with van der Waals surface area (Å²) in [6.45, 7) is 3.34. The summed E-state index contributed by atoms with van der Waals surface area (Å²) in [5.41, 5.74) is 2.54. The highest BCUT2D eigenvalue weighted by molar-refractivity contribution is 8.18. The fourth-order valence-corrected chi connectivity index (χ4v) is 3.60. The number of carbonyl (C=O) groups excluding carboxylic acids is 3. The average molecular weight is 411 g/mol. The van der Waals surface area contributed by atoms with E-state index in [9.17, 15) is 24.5 Å². The fraction of sp³-hybridized carbons (Fsp3) is 0.150. The molecule has 0 atom stereocenters. The van der Waals surface area contributed by atoms with Gasteiger partial charge in [-0.3, -0.25) is 29.4 Å². The molecular weight excluding hydrogens is 394 g/mol. The molecule has 29 heavy (non-hydrogen) atoms. The van der Waals surface area contributed by atoms with E-state index in [1.165, 1.54) is 24.3 Å². The minimum atomic E-state index is -0.658. The van der Waals surface area contributed by atoms with Crippen LogP contribution in [0.5, 0.6) is 0 Å². The average Bonchev–Trinajstić information content (AvgIpc) is 2.93. The number of amides is 3. The molecule has 8 nitrogen and oxygen atoms in total. The van der Waals surface area contributed by atoms with E-state index in [4.69, 9.17) is 0 Å². The van der Waals surface area contributed by atoms with Crippen molar-refractivity contribution in [2.45, 2.75) is 13.8 Å². The summed E-state index contributed by atoms with van der Waals surface area (Å²) in [5.74, 6) is -1.16. The van der Waals surface area contributed by atoms with Gasteiger partial charge in [0.1, 0.15) is 6.54 Å². The van der Waals surface area contributed by atoms with Gasteiger partial charge in [0, 0.05) is 11.8 Å². The topological polar surface area (TPSA) is 110 Å². The molecule has 148 valence electrons. The molecule has 2 aromatic rings. The molecule has 0 unspecified atom stereocenters. The molecule has 0 radical (unpaired) electrons. The van der Waals surface area contributed by atoms with Gasteiger partial charge in [-0.25, -0.2) is 0 Å². The molecule has 0 aromatic heterocycles. The number of nitrogens with one attached hydrogen (secondary N) is 1. The monoisotopic (exact) mass is 411 g/mol. The number of imide groups is 1. The Morgan fingerprint density at radius 2 is 1.90 bits per heavy atom. The first-order valence-electron chi connectivity index (χ1n) is 8.63. The van der Waals surface area contributed by atoms with Crippen molar-refractivity contribution >= 4 is 46.3 Å². The van der Waals surface area contributed by atoms with Crippen molar-refractivity contribution in [1.29, 1.82) is 0 Å². The summed E-state index contributed by atoms with van der Waals surface area (Å²) in [5, 5.41) is 13.2. The lowest BCUT2D eigenvalue weighted by Gasteiger charge is -2.14. The van der Waals surface area contributed by atoms with Gasteiger partial charge < -0.3 is 5.32 Å². The normalized spacial score (nSPS) is 15.1. The first-order valence-corrected chi connectivity index (χ1v) is 9.44. The predicted molar refractivity (Wildman–Crippen MR) is 110 cm³/mol. The number of hydrogen-bond acceptors (Lipinski definition) is 6. The van der Waals surface area contributed by atoms with Crippen molar-refractivity contribution in [1.82, 2.24) is 4.90 Å². The van der Waals surface area contributed by atoms with Crippen LogP contribution in [-0.4, -0.2) is 33.4 Å². The van der Waals surface area contributed by atoms with Crippen molar-refractivity contribution in [3.63, 3.8) is 0 Å². The largest absolute Gasteiger partial charge is 0.324 e. The van der Waals surface area contributed by atoms with Gasteiger partial charge in [0.25, 0.3) is 16.8 Å². The Morgan fingerprint density at radius 1 is 1.17 bits per heavy atom. The van der Waals surface area contributed by atoms with Crippen LogP contribution in [0.25, 0.3) is 6.08 Å². The van der Waals surface area contributed by atoms with Gasteiger partial charge >= 0.3 is 0 Å². The second kappa shape index (κ2) is 8.27. The van der Waals surface area contributed by atoms with Gasteiger partial charge in [-0.2, -0.15) is 0 Å². The Morgan fingerprint density at radius 3 is 2.62 bits per heavy atom. The van der Waals surface area contributed by atoms with Crippen LogP contribution in [0.4, 0.5) is 16.2 Å². The Hall–Kier alpha value is -3.46. The van der Waals surface area contributed by atoms with Crippen LogP contribution in [0, 0.1) is 24.0 Å². The highest BCUT2D eigenvalue weighted by Crippen LogP contribution is 2.33. The van der Waals surface area contributed by atoms with Crippen molar-refractivity contribution in [3.05, 3.63) is 74.2 Å². The lowest BCUT2D eigenvalue weighted by atomic mass is 10.1. The molecule has 1 aliphatic heterocycles. The number of aryl methyl sites for hydroxylation is 1. The maximum atomic E-state index is 12.6. The number of nitrogens with zero attached hydrogens (tertiary/aromatic N) is 2. The number of anilines is 1. The molecule has 1 N–H and O–H groups in total. The molecule has 1 fully saturated rings. The predicted octanol–water partition coefficient (Wildman–Crippen LogP) is 3.89. The second-order valence-corrected chi connectivity index (χ2v) is 7.37. The van der Waals surface area contributed by atoms with Crippen LogP contribution >= 0.6 is 11.8 Å². The van der Waals surface area contributed by atoms with Crippen molar-refractivity contribution in [2.24, 2.45) is 0 Å². The third-order valence-electron chi connectivity index (χ3n) is 4.47. The Labute approximate surface area is 170 Å². The quantitative estimate of drug-likeness (QED) is 0.454. The maximum Gasteiger partial charge on any atom is 0.294 e. The second-order valence-electron chi connectivity index (χ2n) is 6.38. The van der Waals surface area contributed by atoms with Gasteiger partial charge in [-0.1, -0.05) is 24.3 Å². The van der Waals surface area contributed by atoms with Gasteiger partial charge in [0.05, 0.1) is 15.4 Å². The third-order valence-corrected chi connectivity index (χ3v) is 5.38. The number of carbonyl (C=O) groups is 3. The standard InChI is InChI=1S/C20H17N3O5S/c1-12-6-5-8-15(13(12)2)21-18(24)11-22-19(25)17(29-20(22)26)10-14-7-3-4-9-16(14)23(27)28/h3-10H,11H2,1-2H3,(H,21,24)/b17-10+. The van der Waals surface area contributed by atoms with Crippen LogP contribution < -0.4 is 5.32 Å². The SMILES string of the molecule is Cc1cccc(NC(=O)CN2C(=O)S/C(=C/c3ccccc3[N+](=O)[O-])C2=O)c1C. The summed E-state index contributed by atoms with van der Waals surface area (Å²) < 4.78 is 0. The van der Waals surface area contributed by atoms with E-state index in [0.29, 0.717) is 17.4 Å². The van der Waals surface area contributed by atoms with E-state index in [2.05, 4.69) is 5.32 Å². The zero-order valence-electron chi connectivity index (χ0n) is 15.7. The molecule has 1 aliphatic rings. The van der Waals surface area contributed by atoms with Crippen molar-refractivity contribution in [2.75, 3.05) is 11.9 Å². The molecule has 1 saturated heterocycles. The molecule has 0 spiro atoms. The van der Waals surface area contributed by atoms with Gasteiger partial charge in [-0.05, 0) is 54.9 Å². The summed E-state index contributed by atoms with van der Waals surface area (Å²) >= 11 is 0.647. The van der Waals surface area contributed by atoms with E-state index in [1.807, 2.05) is 19.9 Å². The molecule has 0 bridgehead atoms. The number of hydrogen-bond donors (Lipinski definition) is 1. The van der Waals surface area contributed by atoms with Crippen LogP contribution in [-0.2, 0) is 9.59 Å². The summed E-state index contributed by atoms with van der Waals surface area (Å²) in [6.07, 6.45) is 1.30. The van der Waals surface area contributed by atoms with E-state index in [1.54, 1.807) is 18.2 Å². The minimum absolute atomic E-state index is 0.0313. The Balaban J connectivity index is 1.76. The summed E-state index contributed by atoms with van der Waals surface area (Å²) in [4.78, 5) is 48.6. The van der Waals surface area contributed by atoms with Gasteiger partial charge in [-0.15, -0.1) is 0 Å². The van der Waals surface area contributed by atoms with Gasteiger partial charge in [0.2, 0.25) is 5.91 Å². The molecule has 3 rings (SSSR count). The number of benzene rings is 2. The van der Waals surface area contributed by atoms with E-state index < -0.39 is 28.5 Å². The summed E-state index contributed by atoms with van der Waals surface area (Å²) in [7, 11) is 0. The van der Waals surface area contributed by atoms with Crippen LogP contribution in [0.2, 0.25) is 0 Å². The van der Waals surface area contributed by atoms with Gasteiger partial charge in [0.15, 0.2) is 0 Å². The molecule has 2 aromatic carbocycles. The zero-order chi connectivity index (χ0) is 21.1. The third kappa shape index (κ3) is 4.35. The Kier molecular flexibility index (Phi) is 5.79. The molecule has 1 heterocycles. The zero-order valence-corrected chi connectivity index (χ0v) is 16.5. The number of nitro benzene ring substituents is 1. The molecule has 3 amide bonds. The fourth-order valence-electron chi connectivity index (χ4n) is 2.77. The highest BCUT2D eigenvalue weighted by atomic mass is 32.2. The number of para-hydroxylation sites is 1. The van der Waals surface area contributed by atoms with Crippen LogP contribution in [0.1, 0.15) is 16.7 Å². The summed E-state index contributed by atoms with van der Waals surface area (Å²) in [6, 6.07) is 11.4. The lowest BCUT2D eigenvalue weighted by Crippen LogP contribution is -2.36. The maximum absolute atomic E-state index is 12.6. The number of thioether (sulfide) groups is 1.